The molecule has 0 aromatic heterocycles. The molecule has 0 saturated carbocycles. The van der Waals surface area contributed by atoms with E-state index >= 15 is 0 Å². The first-order valence-electron chi connectivity index (χ1n) is 4.40. The molecule has 1 aromatic carbocycles. The maximum Gasteiger partial charge on any atom is 0.155 e. The molecule has 1 atom stereocenters. The zero-order valence-corrected chi connectivity index (χ0v) is 9.54. The number of nitrogens with two attached hydrogens (primary N) is 1. The number of ether oxygens (including phenoxy) is 1. The van der Waals surface area contributed by atoms with Gasteiger partial charge in [0.25, 0.3) is 0 Å². The van der Waals surface area contributed by atoms with Crippen molar-refractivity contribution in [3.8, 4) is 5.75 Å². The zero-order chi connectivity index (χ0) is 10.6. The van der Waals surface area contributed by atoms with Crippen LogP contribution in [0.1, 0.15) is 13.3 Å². The van der Waals surface area contributed by atoms with Crippen LogP contribution in [0.4, 0.5) is 0 Å². The second kappa shape index (κ2) is 5.00. The third kappa shape index (κ3) is 2.73. The fraction of sp³-hybridized carbons (Fsp3) is 0.300. The summed E-state index contributed by atoms with van der Waals surface area (Å²) in [5.74, 6) is 0.776. The lowest BCUT2D eigenvalue weighted by molar-refractivity contribution is 0.259. The van der Waals surface area contributed by atoms with Gasteiger partial charge >= 0.3 is 0 Å². The standard InChI is InChI=1S/C10H13BrN2O/c1-2-8(10(12)13)14-9-6-4-3-5-7(9)11/h3-6,8H,2H2,1H3,(H3,12,13). The van der Waals surface area contributed by atoms with Crippen LogP contribution < -0.4 is 10.5 Å². The van der Waals surface area contributed by atoms with Crippen molar-refractivity contribution < 1.29 is 4.74 Å². The van der Waals surface area contributed by atoms with Gasteiger partial charge in [-0.25, -0.2) is 0 Å². The van der Waals surface area contributed by atoms with E-state index in [2.05, 4.69) is 15.9 Å². The number of hydrogen-bond donors (Lipinski definition) is 2. The normalized spacial score (nSPS) is 12.1. The van der Waals surface area contributed by atoms with E-state index in [0.29, 0.717) is 6.42 Å². The Balaban J connectivity index is 2.77. The molecule has 3 N–H and O–H groups in total. The number of para-hydroxylation sites is 1. The molecule has 0 fully saturated rings. The van der Waals surface area contributed by atoms with Crippen molar-refractivity contribution in [2.24, 2.45) is 5.73 Å². The summed E-state index contributed by atoms with van der Waals surface area (Å²) in [6, 6.07) is 7.52. The van der Waals surface area contributed by atoms with Crippen molar-refractivity contribution in [2.45, 2.75) is 19.4 Å². The lowest BCUT2D eigenvalue weighted by Crippen LogP contribution is -2.32. The fourth-order valence-electron chi connectivity index (χ4n) is 1.06. The van der Waals surface area contributed by atoms with Crippen LogP contribution >= 0.6 is 15.9 Å². The number of halogens is 1. The van der Waals surface area contributed by atoms with Crippen LogP contribution in [0.15, 0.2) is 28.7 Å². The van der Waals surface area contributed by atoms with Gasteiger partial charge in [-0.1, -0.05) is 19.1 Å². The Kier molecular flexibility index (Phi) is 3.95. The zero-order valence-electron chi connectivity index (χ0n) is 7.96. The number of benzene rings is 1. The molecule has 14 heavy (non-hydrogen) atoms. The Morgan fingerprint density at radius 2 is 2.21 bits per heavy atom. The molecule has 0 aliphatic rings. The lowest BCUT2D eigenvalue weighted by Gasteiger charge is -2.16. The van der Waals surface area contributed by atoms with E-state index in [4.69, 9.17) is 15.9 Å². The Morgan fingerprint density at radius 1 is 1.57 bits per heavy atom. The second-order valence-electron chi connectivity index (χ2n) is 2.90. The smallest absolute Gasteiger partial charge is 0.155 e. The molecule has 3 nitrogen and oxygen atoms in total. The molecule has 0 saturated heterocycles. The van der Waals surface area contributed by atoms with Gasteiger partial charge in [-0.2, -0.15) is 0 Å². The van der Waals surface area contributed by atoms with Gasteiger partial charge in [0, 0.05) is 0 Å². The maximum absolute atomic E-state index is 7.31. The molecule has 1 unspecified atom stereocenters. The van der Waals surface area contributed by atoms with E-state index in [-0.39, 0.29) is 11.9 Å². The molecule has 0 heterocycles. The summed E-state index contributed by atoms with van der Waals surface area (Å²) in [7, 11) is 0. The average Bonchev–Trinajstić information content (AvgIpc) is 2.16. The van der Waals surface area contributed by atoms with E-state index in [0.717, 1.165) is 10.2 Å². The minimum Gasteiger partial charge on any atom is -0.481 e. The molecule has 0 bridgehead atoms. The molecule has 4 heteroatoms. The Bertz CT molecular complexity index is 328. The predicted molar refractivity (Wildman–Crippen MR) is 60.8 cm³/mol. The maximum atomic E-state index is 7.31. The van der Waals surface area contributed by atoms with E-state index in [1.54, 1.807) is 0 Å². The monoisotopic (exact) mass is 256 g/mol. The van der Waals surface area contributed by atoms with Gasteiger partial charge in [0.15, 0.2) is 6.10 Å². The van der Waals surface area contributed by atoms with Crippen LogP contribution in [0.5, 0.6) is 5.75 Å². The lowest BCUT2D eigenvalue weighted by atomic mass is 10.2. The first-order chi connectivity index (χ1) is 6.65. The van der Waals surface area contributed by atoms with Crippen LogP contribution in [-0.4, -0.2) is 11.9 Å². The third-order valence-corrected chi connectivity index (χ3v) is 2.48. The van der Waals surface area contributed by atoms with Crippen molar-refractivity contribution in [3.05, 3.63) is 28.7 Å². The quantitative estimate of drug-likeness (QED) is 0.643. The summed E-state index contributed by atoms with van der Waals surface area (Å²) in [6.45, 7) is 1.93. The van der Waals surface area contributed by atoms with E-state index in [1.807, 2.05) is 31.2 Å². The van der Waals surface area contributed by atoms with Crippen LogP contribution in [0.25, 0.3) is 0 Å². The van der Waals surface area contributed by atoms with E-state index in [9.17, 15) is 0 Å². The molecule has 1 rings (SSSR count). The van der Waals surface area contributed by atoms with Crippen LogP contribution in [0, 0.1) is 5.41 Å². The summed E-state index contributed by atoms with van der Waals surface area (Å²) < 4.78 is 6.43. The van der Waals surface area contributed by atoms with Crippen molar-refractivity contribution in [1.82, 2.24) is 0 Å². The molecule has 1 aromatic rings. The van der Waals surface area contributed by atoms with E-state index < -0.39 is 0 Å². The van der Waals surface area contributed by atoms with E-state index in [1.165, 1.54) is 0 Å². The minimum absolute atomic E-state index is 0.0586. The van der Waals surface area contributed by atoms with Crippen molar-refractivity contribution in [2.75, 3.05) is 0 Å². The number of amidine groups is 1. The van der Waals surface area contributed by atoms with Gasteiger partial charge < -0.3 is 10.5 Å². The topological polar surface area (TPSA) is 59.1 Å². The van der Waals surface area contributed by atoms with Crippen LogP contribution in [-0.2, 0) is 0 Å². The highest BCUT2D eigenvalue weighted by Gasteiger charge is 2.12. The highest BCUT2D eigenvalue weighted by Crippen LogP contribution is 2.25. The van der Waals surface area contributed by atoms with Gasteiger partial charge in [-0.15, -0.1) is 0 Å². The van der Waals surface area contributed by atoms with Gasteiger partial charge in [0.1, 0.15) is 11.6 Å². The molecular weight excluding hydrogens is 244 g/mol. The molecule has 0 spiro atoms. The van der Waals surface area contributed by atoms with Crippen LogP contribution in [0.2, 0.25) is 0 Å². The van der Waals surface area contributed by atoms with Gasteiger partial charge in [-0.05, 0) is 34.5 Å². The predicted octanol–water partition coefficient (Wildman–Crippen LogP) is 2.54. The van der Waals surface area contributed by atoms with Crippen molar-refractivity contribution >= 4 is 21.8 Å². The van der Waals surface area contributed by atoms with Gasteiger partial charge in [-0.3, -0.25) is 5.41 Å². The SMILES string of the molecule is CCC(Oc1ccccc1Br)C(=N)N. The number of hydrogen-bond acceptors (Lipinski definition) is 2. The third-order valence-electron chi connectivity index (χ3n) is 1.82. The first kappa shape index (κ1) is 11.0. The summed E-state index contributed by atoms with van der Waals surface area (Å²) in [4.78, 5) is 0. The summed E-state index contributed by atoms with van der Waals surface area (Å²) in [6.07, 6.45) is 0.352. The molecular formula is C10H13BrN2O. The summed E-state index contributed by atoms with van der Waals surface area (Å²) >= 11 is 3.37. The molecule has 0 radical (unpaired) electrons. The Morgan fingerprint density at radius 3 is 2.71 bits per heavy atom. The molecule has 0 aliphatic heterocycles. The van der Waals surface area contributed by atoms with Gasteiger partial charge in [0.2, 0.25) is 0 Å². The number of rotatable bonds is 4. The highest BCUT2D eigenvalue weighted by molar-refractivity contribution is 9.10. The van der Waals surface area contributed by atoms with Crippen LogP contribution in [0.3, 0.4) is 0 Å². The second-order valence-corrected chi connectivity index (χ2v) is 3.75. The fourth-order valence-corrected chi connectivity index (χ4v) is 1.44. The average molecular weight is 257 g/mol. The van der Waals surface area contributed by atoms with Crippen molar-refractivity contribution in [3.63, 3.8) is 0 Å². The Hall–Kier alpha value is -1.03. The molecule has 0 amide bonds. The summed E-state index contributed by atoms with van der Waals surface area (Å²) in [5, 5.41) is 7.31. The minimum atomic E-state index is -0.339. The highest BCUT2D eigenvalue weighted by atomic mass is 79.9. The van der Waals surface area contributed by atoms with Crippen molar-refractivity contribution in [1.29, 1.82) is 5.41 Å². The van der Waals surface area contributed by atoms with Gasteiger partial charge in [0.05, 0.1) is 4.47 Å². The Labute approximate surface area is 91.9 Å². The largest absolute Gasteiger partial charge is 0.481 e. The summed E-state index contributed by atoms with van der Waals surface area (Å²) in [5.41, 5.74) is 5.39. The first-order valence-corrected chi connectivity index (χ1v) is 5.19. The molecule has 76 valence electrons. The number of nitrogens with one attached hydrogen (secondary N) is 1. The molecule has 0 aliphatic carbocycles.